The highest BCUT2D eigenvalue weighted by Crippen LogP contribution is 2.58. The van der Waals surface area contributed by atoms with E-state index in [0.717, 1.165) is 0 Å². The highest BCUT2D eigenvalue weighted by atomic mass is 32.7. The van der Waals surface area contributed by atoms with Gasteiger partial charge in [-0.3, -0.25) is 28.0 Å². The van der Waals surface area contributed by atoms with Gasteiger partial charge in [0.2, 0.25) is 5.95 Å². The number of hydrogen-bond donors (Lipinski definition) is 4. The number of H-pyrrole nitrogens is 1. The second-order valence-corrected chi connectivity index (χ2v) is 13.1. The van der Waals surface area contributed by atoms with Crippen molar-refractivity contribution >= 4 is 53.1 Å². The number of aromatic amines is 1. The number of halogens is 1. The third kappa shape index (κ3) is 4.67. The summed E-state index contributed by atoms with van der Waals surface area (Å²) >= 11 is 4.14. The van der Waals surface area contributed by atoms with Gasteiger partial charge >= 0.3 is 6.80 Å². The summed E-state index contributed by atoms with van der Waals surface area (Å²) in [5.74, 6) is 0.0946. The van der Waals surface area contributed by atoms with Crippen LogP contribution in [0.5, 0.6) is 0 Å². The Kier molecular flexibility index (Phi) is 6.51. The van der Waals surface area contributed by atoms with Crippen LogP contribution in [0.4, 0.5) is 16.2 Å². The summed E-state index contributed by atoms with van der Waals surface area (Å²) in [5.41, 5.74) is 12.1. The fraction of sp³-hybridized carbons (Fsp3) is 0.545. The van der Waals surface area contributed by atoms with E-state index < -0.39 is 49.3 Å². The molecule has 41 heavy (non-hydrogen) atoms. The summed E-state index contributed by atoms with van der Waals surface area (Å²) in [4.78, 5) is 35.4. The van der Waals surface area contributed by atoms with Crippen LogP contribution in [0.3, 0.4) is 0 Å². The topological polar surface area (TPSA) is 213 Å². The number of imidazole rings is 2. The Bertz CT molecular complexity index is 1730. The number of hydrogen-bond acceptors (Lipinski definition) is 13. The standard InChI is InChI=1S/C22H26FN10O6PS/c23-13-10-3-1-2-9-4-12(32-7-28-14-17(24)26-6-27-18(14)32)37-11(9)5-36-40(35,41)39-16(13)21(38-10)33-8-29-15-19(33)30-22(25)31-20(15)34/h6-13,16,21H,1-5H2,(H,35,41)(H2,24,26,27)(H3,25,30,31,34)/t9-,10?,11+,12+,13+,16+,21+,40?/m0/s1. The molecule has 3 saturated heterocycles. The number of thiol groups is 1. The quantitative estimate of drug-likeness (QED) is 0.189. The summed E-state index contributed by atoms with van der Waals surface area (Å²) in [6.45, 7) is -4.23. The predicted octanol–water partition coefficient (Wildman–Crippen LogP) is 1.89. The molecule has 19 heteroatoms. The van der Waals surface area contributed by atoms with Crippen LogP contribution in [0.25, 0.3) is 22.3 Å². The van der Waals surface area contributed by atoms with Crippen molar-refractivity contribution in [3.63, 3.8) is 0 Å². The van der Waals surface area contributed by atoms with Gasteiger partial charge in [0.15, 0.2) is 35.0 Å². The Morgan fingerprint density at radius 2 is 1.85 bits per heavy atom. The third-order valence-electron chi connectivity index (χ3n) is 7.77. The number of aromatic nitrogens is 8. The summed E-state index contributed by atoms with van der Waals surface area (Å²) in [5, 5.41) is 0. The van der Waals surface area contributed by atoms with E-state index in [1.54, 1.807) is 10.9 Å². The molecule has 3 aliphatic rings. The SMILES string of the molecule is Nc1nc2c(ncn2[C@@H]2OC3CCC[C@H]4C[C@H](n5cnc6c(N)ncnc65)O[C@@H]4COP(=O)(S)O[C@@H]2[C@@H]3F)c(=O)[nH]1. The summed E-state index contributed by atoms with van der Waals surface area (Å²) in [6, 6.07) is 0. The first-order valence-electron chi connectivity index (χ1n) is 12.9. The molecule has 0 radical (unpaired) electrons. The Balaban J connectivity index is 1.15. The molecule has 3 aliphatic heterocycles. The molecule has 16 nitrogen and oxygen atoms in total. The predicted molar refractivity (Wildman–Crippen MR) is 144 cm³/mol. The lowest BCUT2D eigenvalue weighted by Crippen LogP contribution is -2.31. The van der Waals surface area contributed by atoms with Gasteiger partial charge in [-0.25, -0.2) is 28.9 Å². The van der Waals surface area contributed by atoms with E-state index in [1.165, 1.54) is 17.2 Å². The number of ether oxygens (including phenoxy) is 2. The fourth-order valence-electron chi connectivity index (χ4n) is 5.84. The van der Waals surface area contributed by atoms with Crippen LogP contribution in [0, 0.1) is 5.92 Å². The van der Waals surface area contributed by atoms with Gasteiger partial charge in [0, 0.05) is 0 Å². The normalized spacial score (nSPS) is 34.4. The van der Waals surface area contributed by atoms with Crippen LogP contribution < -0.4 is 17.0 Å². The lowest BCUT2D eigenvalue weighted by atomic mass is 9.93. The smallest absolute Gasteiger partial charge is 0.382 e. The molecule has 218 valence electrons. The number of rotatable bonds is 2. The first-order chi connectivity index (χ1) is 19.7. The third-order valence-corrected chi connectivity index (χ3v) is 9.38. The lowest BCUT2D eigenvalue weighted by Gasteiger charge is -2.26. The molecule has 4 aromatic heterocycles. The molecular formula is C22H26FN10O6PS. The maximum atomic E-state index is 15.8. The molecule has 0 aliphatic carbocycles. The first kappa shape index (κ1) is 26.7. The average Bonchev–Trinajstić information content (AvgIpc) is 3.69. The Labute approximate surface area is 235 Å². The molecule has 0 spiro atoms. The number of nitrogens with two attached hydrogens (primary N) is 2. The van der Waals surface area contributed by atoms with Gasteiger partial charge in [-0.1, -0.05) is 18.7 Å². The largest absolute Gasteiger partial charge is 0.386 e. The minimum Gasteiger partial charge on any atom is -0.382 e. The highest BCUT2D eigenvalue weighted by Gasteiger charge is 2.51. The molecular weight excluding hydrogens is 582 g/mol. The molecule has 2 bridgehead atoms. The van der Waals surface area contributed by atoms with Gasteiger partial charge in [-0.15, -0.1) is 0 Å². The number of fused-ring (bicyclic) bond motifs is 5. The first-order valence-corrected chi connectivity index (χ1v) is 15.6. The van der Waals surface area contributed by atoms with Crippen molar-refractivity contribution in [1.29, 1.82) is 0 Å². The molecule has 0 saturated carbocycles. The van der Waals surface area contributed by atoms with Crippen LogP contribution in [-0.2, 0) is 23.1 Å². The van der Waals surface area contributed by atoms with Crippen molar-refractivity contribution in [3.8, 4) is 0 Å². The number of nitrogens with one attached hydrogen (secondary N) is 1. The average molecular weight is 609 g/mol. The molecule has 4 aromatic rings. The molecule has 8 atom stereocenters. The zero-order chi connectivity index (χ0) is 28.5. The molecule has 0 amide bonds. The minimum absolute atomic E-state index is 0.0111. The molecule has 2 unspecified atom stereocenters. The van der Waals surface area contributed by atoms with Crippen molar-refractivity contribution in [2.45, 2.75) is 62.6 Å². The number of nitrogens with zero attached hydrogens (tertiary/aromatic N) is 7. The van der Waals surface area contributed by atoms with Gasteiger partial charge in [0.05, 0.1) is 31.5 Å². The fourth-order valence-corrected chi connectivity index (χ4v) is 7.29. The maximum Gasteiger partial charge on any atom is 0.386 e. The van der Waals surface area contributed by atoms with Crippen LogP contribution >= 0.6 is 19.0 Å². The highest BCUT2D eigenvalue weighted by molar-refractivity contribution is 8.44. The van der Waals surface area contributed by atoms with Gasteiger partial charge < -0.3 is 20.9 Å². The van der Waals surface area contributed by atoms with Crippen molar-refractivity contribution in [3.05, 3.63) is 29.3 Å². The van der Waals surface area contributed by atoms with E-state index in [4.69, 9.17) is 30.0 Å². The van der Waals surface area contributed by atoms with Gasteiger partial charge in [-0.05, 0) is 25.2 Å². The van der Waals surface area contributed by atoms with Crippen molar-refractivity contribution < 1.29 is 27.5 Å². The van der Waals surface area contributed by atoms with E-state index in [9.17, 15) is 9.36 Å². The van der Waals surface area contributed by atoms with Gasteiger partial charge in [-0.2, -0.15) is 4.98 Å². The second kappa shape index (κ2) is 9.99. The number of anilines is 2. The summed E-state index contributed by atoms with van der Waals surface area (Å²) < 4.78 is 56.0. The molecule has 3 fully saturated rings. The minimum atomic E-state index is -4.12. The van der Waals surface area contributed by atoms with E-state index in [2.05, 4.69) is 42.2 Å². The summed E-state index contributed by atoms with van der Waals surface area (Å²) in [7, 11) is 0. The Morgan fingerprint density at radius 3 is 2.71 bits per heavy atom. The van der Waals surface area contributed by atoms with Crippen LogP contribution in [0.15, 0.2) is 23.8 Å². The van der Waals surface area contributed by atoms with Crippen LogP contribution in [0.1, 0.15) is 38.1 Å². The number of nitrogen functional groups attached to an aromatic ring is 2. The lowest BCUT2D eigenvalue weighted by molar-refractivity contribution is -0.0369. The molecule has 5 N–H and O–H groups in total. The van der Waals surface area contributed by atoms with Crippen LogP contribution in [-0.4, -0.2) is 70.1 Å². The Morgan fingerprint density at radius 1 is 1.05 bits per heavy atom. The van der Waals surface area contributed by atoms with E-state index in [1.807, 2.05) is 0 Å². The van der Waals surface area contributed by atoms with Crippen molar-refractivity contribution in [2.75, 3.05) is 18.1 Å². The zero-order valence-corrected chi connectivity index (χ0v) is 23.1. The second-order valence-electron chi connectivity index (χ2n) is 10.3. The van der Waals surface area contributed by atoms with Crippen molar-refractivity contribution in [1.82, 2.24) is 39.0 Å². The van der Waals surface area contributed by atoms with Gasteiger partial charge in [0.1, 0.15) is 24.2 Å². The molecule has 7 rings (SSSR count). The Hall–Kier alpha value is -3.15. The monoisotopic (exact) mass is 608 g/mol. The maximum absolute atomic E-state index is 15.8. The van der Waals surface area contributed by atoms with E-state index in [-0.39, 0.29) is 35.5 Å². The zero-order valence-electron chi connectivity index (χ0n) is 21.3. The van der Waals surface area contributed by atoms with E-state index >= 15 is 4.39 Å². The number of alkyl halides is 1. The van der Waals surface area contributed by atoms with Crippen molar-refractivity contribution in [2.24, 2.45) is 5.92 Å². The summed E-state index contributed by atoms with van der Waals surface area (Å²) in [6.07, 6.45) is 0.441. The molecule has 0 aromatic carbocycles. The molecule has 7 heterocycles. The van der Waals surface area contributed by atoms with E-state index in [0.29, 0.717) is 36.8 Å². The van der Waals surface area contributed by atoms with Crippen LogP contribution in [0.2, 0.25) is 0 Å². The van der Waals surface area contributed by atoms with Gasteiger partial charge in [0.25, 0.3) is 5.56 Å².